The number of nitrogens with one attached hydrogen (secondary N) is 1. The van der Waals surface area contributed by atoms with Crippen molar-refractivity contribution in [2.75, 3.05) is 7.11 Å². The number of aromatic nitrogens is 3. The number of ether oxygens (including phenoxy) is 2. The first-order chi connectivity index (χ1) is 13.4. The number of halogens is 3. The number of fused-ring (bicyclic) bond motifs is 1. The Bertz CT molecular complexity index is 1120. The standard InChI is InChI=1S/C20H14F3N3O2/c1-27-16-4-2-3-13(9-16)14-10-17-19(24-11-14)26-18(25-17)12-5-7-15(8-6-12)28-20(21,22)23/h2-11H,1H3,(H,24,25,26). The van der Waals surface area contributed by atoms with Crippen LogP contribution < -0.4 is 9.47 Å². The fraction of sp³-hybridized carbons (Fsp3) is 0.100. The van der Waals surface area contributed by atoms with Crippen molar-refractivity contribution in [1.29, 1.82) is 0 Å². The van der Waals surface area contributed by atoms with Crippen LogP contribution in [0.25, 0.3) is 33.7 Å². The Labute approximate surface area is 157 Å². The van der Waals surface area contributed by atoms with Gasteiger partial charge in [-0.05, 0) is 48.0 Å². The van der Waals surface area contributed by atoms with E-state index in [0.717, 1.165) is 16.9 Å². The van der Waals surface area contributed by atoms with Gasteiger partial charge in [-0.1, -0.05) is 12.1 Å². The van der Waals surface area contributed by atoms with E-state index in [9.17, 15) is 13.2 Å². The summed E-state index contributed by atoms with van der Waals surface area (Å²) in [5.41, 5.74) is 3.66. The average molecular weight is 385 g/mol. The minimum atomic E-state index is -4.72. The Morgan fingerprint density at radius 1 is 0.893 bits per heavy atom. The number of alkyl halides is 3. The minimum Gasteiger partial charge on any atom is -0.497 e. The van der Waals surface area contributed by atoms with Gasteiger partial charge in [0.05, 0.1) is 7.11 Å². The van der Waals surface area contributed by atoms with Gasteiger partial charge in [0.1, 0.15) is 22.8 Å². The van der Waals surface area contributed by atoms with Crippen molar-refractivity contribution in [2.24, 2.45) is 0 Å². The van der Waals surface area contributed by atoms with E-state index < -0.39 is 6.36 Å². The third kappa shape index (κ3) is 3.75. The molecule has 0 aliphatic carbocycles. The van der Waals surface area contributed by atoms with Gasteiger partial charge in [-0.25, -0.2) is 9.97 Å². The third-order valence-corrected chi connectivity index (χ3v) is 4.10. The van der Waals surface area contributed by atoms with Gasteiger partial charge >= 0.3 is 6.36 Å². The molecule has 8 heteroatoms. The number of hydrogen-bond acceptors (Lipinski definition) is 4. The Morgan fingerprint density at radius 3 is 2.39 bits per heavy atom. The van der Waals surface area contributed by atoms with Gasteiger partial charge < -0.3 is 14.5 Å². The number of aromatic amines is 1. The lowest BCUT2D eigenvalue weighted by atomic mass is 10.1. The van der Waals surface area contributed by atoms with Crippen LogP contribution >= 0.6 is 0 Å². The molecule has 4 rings (SSSR count). The summed E-state index contributed by atoms with van der Waals surface area (Å²) < 4.78 is 45.9. The van der Waals surface area contributed by atoms with Gasteiger partial charge in [-0.15, -0.1) is 13.2 Å². The summed E-state index contributed by atoms with van der Waals surface area (Å²) in [6.45, 7) is 0. The molecule has 0 saturated heterocycles. The van der Waals surface area contributed by atoms with Crippen molar-refractivity contribution in [3.05, 3.63) is 60.8 Å². The fourth-order valence-electron chi connectivity index (χ4n) is 2.81. The van der Waals surface area contributed by atoms with Gasteiger partial charge in [0, 0.05) is 17.3 Å². The molecule has 142 valence electrons. The van der Waals surface area contributed by atoms with Crippen LogP contribution in [0, 0.1) is 0 Å². The van der Waals surface area contributed by atoms with E-state index >= 15 is 0 Å². The molecule has 1 N–H and O–H groups in total. The van der Waals surface area contributed by atoms with E-state index in [2.05, 4.69) is 19.7 Å². The number of imidazole rings is 1. The number of pyridine rings is 1. The van der Waals surface area contributed by atoms with Gasteiger partial charge in [0.2, 0.25) is 0 Å². The van der Waals surface area contributed by atoms with E-state index in [1.807, 2.05) is 30.3 Å². The first-order valence-electron chi connectivity index (χ1n) is 8.28. The molecule has 0 aliphatic heterocycles. The minimum absolute atomic E-state index is 0.286. The van der Waals surface area contributed by atoms with Crippen molar-refractivity contribution in [3.8, 4) is 34.0 Å². The van der Waals surface area contributed by atoms with Crippen LogP contribution in [-0.4, -0.2) is 28.4 Å². The molecule has 4 aromatic rings. The van der Waals surface area contributed by atoms with Crippen molar-refractivity contribution < 1.29 is 22.6 Å². The second-order valence-corrected chi connectivity index (χ2v) is 5.98. The lowest BCUT2D eigenvalue weighted by Gasteiger charge is -2.08. The number of nitrogens with zero attached hydrogens (tertiary/aromatic N) is 2. The van der Waals surface area contributed by atoms with Crippen LogP contribution in [-0.2, 0) is 0 Å². The molecule has 2 aromatic carbocycles. The topological polar surface area (TPSA) is 60.0 Å². The van der Waals surface area contributed by atoms with E-state index in [4.69, 9.17) is 4.74 Å². The molecule has 0 spiro atoms. The highest BCUT2D eigenvalue weighted by atomic mass is 19.4. The smallest absolute Gasteiger partial charge is 0.497 e. The molecule has 0 fully saturated rings. The maximum absolute atomic E-state index is 12.3. The normalized spacial score (nSPS) is 11.6. The second kappa shape index (κ2) is 6.88. The number of rotatable bonds is 4. The molecular formula is C20H14F3N3O2. The van der Waals surface area contributed by atoms with Crippen molar-refractivity contribution in [1.82, 2.24) is 15.0 Å². The third-order valence-electron chi connectivity index (χ3n) is 4.10. The van der Waals surface area contributed by atoms with Gasteiger partial charge in [-0.2, -0.15) is 0 Å². The van der Waals surface area contributed by atoms with Gasteiger partial charge in [0.25, 0.3) is 0 Å². The summed E-state index contributed by atoms with van der Waals surface area (Å²) in [4.78, 5) is 12.0. The highest BCUT2D eigenvalue weighted by Crippen LogP contribution is 2.28. The lowest BCUT2D eigenvalue weighted by Crippen LogP contribution is -2.16. The van der Waals surface area contributed by atoms with Gasteiger partial charge in [-0.3, -0.25) is 0 Å². The van der Waals surface area contributed by atoms with Crippen LogP contribution in [0.3, 0.4) is 0 Å². The lowest BCUT2D eigenvalue weighted by molar-refractivity contribution is -0.274. The predicted molar refractivity (Wildman–Crippen MR) is 98.0 cm³/mol. The number of benzene rings is 2. The predicted octanol–water partition coefficient (Wildman–Crippen LogP) is 5.20. The van der Waals surface area contributed by atoms with E-state index in [0.29, 0.717) is 22.6 Å². The molecule has 2 heterocycles. The summed E-state index contributed by atoms with van der Waals surface area (Å²) in [6, 6.07) is 15.0. The molecule has 2 aromatic heterocycles. The first kappa shape index (κ1) is 17.8. The highest BCUT2D eigenvalue weighted by molar-refractivity contribution is 5.81. The van der Waals surface area contributed by atoms with Crippen molar-refractivity contribution in [3.63, 3.8) is 0 Å². The zero-order chi connectivity index (χ0) is 19.7. The molecule has 0 aliphatic rings. The van der Waals surface area contributed by atoms with Crippen molar-refractivity contribution >= 4 is 11.2 Å². The van der Waals surface area contributed by atoms with Crippen molar-refractivity contribution in [2.45, 2.75) is 6.36 Å². The average Bonchev–Trinajstić information content (AvgIpc) is 3.10. The zero-order valence-corrected chi connectivity index (χ0v) is 14.6. The molecule has 28 heavy (non-hydrogen) atoms. The van der Waals surface area contributed by atoms with Crippen LogP contribution in [0.1, 0.15) is 0 Å². The van der Waals surface area contributed by atoms with Crippen LogP contribution in [0.5, 0.6) is 11.5 Å². The van der Waals surface area contributed by atoms with Crippen LogP contribution in [0.4, 0.5) is 13.2 Å². The molecule has 0 atom stereocenters. The maximum Gasteiger partial charge on any atom is 0.573 e. The number of hydrogen-bond donors (Lipinski definition) is 1. The van der Waals surface area contributed by atoms with Gasteiger partial charge in [0.15, 0.2) is 5.65 Å². The number of methoxy groups -OCH3 is 1. The summed E-state index contributed by atoms with van der Waals surface area (Å²) >= 11 is 0. The van der Waals surface area contributed by atoms with Crippen LogP contribution in [0.15, 0.2) is 60.8 Å². The molecule has 0 bridgehead atoms. The summed E-state index contributed by atoms with van der Waals surface area (Å²) in [7, 11) is 1.60. The Hall–Kier alpha value is -3.55. The second-order valence-electron chi connectivity index (χ2n) is 5.98. The van der Waals surface area contributed by atoms with E-state index in [1.54, 1.807) is 13.3 Å². The highest BCUT2D eigenvalue weighted by Gasteiger charge is 2.31. The Balaban J connectivity index is 1.64. The molecule has 0 saturated carbocycles. The molecule has 5 nitrogen and oxygen atoms in total. The first-order valence-corrected chi connectivity index (χ1v) is 8.28. The van der Waals surface area contributed by atoms with E-state index in [-0.39, 0.29) is 5.75 Å². The SMILES string of the molecule is COc1cccc(-c2cnc3[nH]c(-c4ccc(OC(F)(F)F)cc4)nc3c2)c1. The number of H-pyrrole nitrogens is 1. The van der Waals surface area contributed by atoms with E-state index in [1.165, 1.54) is 24.3 Å². The summed E-state index contributed by atoms with van der Waals surface area (Å²) in [6.07, 6.45) is -3.00. The largest absolute Gasteiger partial charge is 0.573 e. The molecule has 0 radical (unpaired) electrons. The fourth-order valence-corrected chi connectivity index (χ4v) is 2.81. The Morgan fingerprint density at radius 2 is 1.68 bits per heavy atom. The Kier molecular flexibility index (Phi) is 4.38. The molecular weight excluding hydrogens is 371 g/mol. The summed E-state index contributed by atoms with van der Waals surface area (Å²) in [5, 5.41) is 0. The maximum atomic E-state index is 12.3. The monoisotopic (exact) mass is 385 g/mol. The molecule has 0 amide bonds. The zero-order valence-electron chi connectivity index (χ0n) is 14.6. The quantitative estimate of drug-likeness (QED) is 0.525. The molecule has 0 unspecified atom stereocenters. The summed E-state index contributed by atoms with van der Waals surface area (Å²) in [5.74, 6) is 0.955. The van der Waals surface area contributed by atoms with Crippen LogP contribution in [0.2, 0.25) is 0 Å².